The van der Waals surface area contributed by atoms with Crippen LogP contribution in [0.3, 0.4) is 0 Å². The number of aromatic nitrogens is 1. The molecule has 0 N–H and O–H groups in total. The second-order valence-electron chi connectivity index (χ2n) is 8.10. The van der Waals surface area contributed by atoms with Crippen LogP contribution in [0.1, 0.15) is 42.1 Å². The largest absolute Gasteiger partial charge is 0.372 e. The Morgan fingerprint density at radius 3 is 2.37 bits per heavy atom. The number of ether oxygens (including phenoxy) is 1. The highest BCUT2D eigenvalue weighted by atomic mass is 35.5. The van der Waals surface area contributed by atoms with Crippen molar-refractivity contribution in [3.05, 3.63) is 27.0 Å². The van der Waals surface area contributed by atoms with Crippen molar-refractivity contribution in [3.8, 4) is 9.88 Å². The fourth-order valence-corrected chi connectivity index (χ4v) is 6.35. The summed E-state index contributed by atoms with van der Waals surface area (Å²) in [7, 11) is 0. The molecule has 2 atom stereocenters. The summed E-state index contributed by atoms with van der Waals surface area (Å²) in [6.45, 7) is 8.39. The third-order valence-electron chi connectivity index (χ3n) is 5.64. The Kier molecular flexibility index (Phi) is 6.48. The molecule has 6 nitrogen and oxygen atoms in total. The zero-order chi connectivity index (χ0) is 21.4. The van der Waals surface area contributed by atoms with Gasteiger partial charge in [0.2, 0.25) is 5.91 Å². The first-order valence-corrected chi connectivity index (χ1v) is 12.3. The van der Waals surface area contributed by atoms with Gasteiger partial charge in [0, 0.05) is 32.1 Å². The zero-order valence-corrected chi connectivity index (χ0v) is 19.8. The maximum atomic E-state index is 13.1. The van der Waals surface area contributed by atoms with Gasteiger partial charge < -0.3 is 14.5 Å². The number of thiazole rings is 1. The summed E-state index contributed by atoms with van der Waals surface area (Å²) >= 11 is 8.92. The molecule has 4 heterocycles. The highest BCUT2D eigenvalue weighted by Gasteiger charge is 2.34. The minimum atomic E-state index is -0.0158. The molecule has 0 spiro atoms. The average molecular weight is 468 g/mol. The monoisotopic (exact) mass is 467 g/mol. The van der Waals surface area contributed by atoms with Gasteiger partial charge in [0.25, 0.3) is 5.91 Å². The van der Waals surface area contributed by atoms with E-state index in [1.807, 2.05) is 42.7 Å². The Balaban J connectivity index is 1.38. The maximum Gasteiger partial charge on any atom is 0.265 e. The highest BCUT2D eigenvalue weighted by molar-refractivity contribution is 7.24. The molecule has 0 saturated carbocycles. The molecule has 4 rings (SSSR count). The van der Waals surface area contributed by atoms with Crippen molar-refractivity contribution >= 4 is 46.1 Å². The van der Waals surface area contributed by atoms with E-state index in [-0.39, 0.29) is 29.9 Å². The number of thiophene rings is 1. The number of nitrogens with zero attached hydrogens (tertiary/aromatic N) is 3. The van der Waals surface area contributed by atoms with E-state index in [4.69, 9.17) is 16.3 Å². The number of piperidine rings is 1. The van der Waals surface area contributed by atoms with Crippen molar-refractivity contribution < 1.29 is 14.3 Å². The van der Waals surface area contributed by atoms with Crippen LogP contribution in [0.25, 0.3) is 9.88 Å². The molecule has 2 aliphatic heterocycles. The number of morpholine rings is 1. The molecular formula is C21H26ClN3O3S2. The molecule has 9 heteroatoms. The van der Waals surface area contributed by atoms with Crippen LogP contribution >= 0.6 is 34.3 Å². The standard InChI is InChI=1S/C21H26ClN3O3S2/c1-12-10-25(11-13(2)28-12)20(26)15-6-8-24(9-7-15)21(27)18-14(3)23-19(30-18)16-4-5-17(22)29-16/h4-5,12-13,15H,6-11H2,1-3H3. The summed E-state index contributed by atoms with van der Waals surface area (Å²) in [6.07, 6.45) is 1.55. The van der Waals surface area contributed by atoms with E-state index < -0.39 is 0 Å². The lowest BCUT2D eigenvalue weighted by Crippen LogP contribution is -2.51. The average Bonchev–Trinajstić information content (AvgIpc) is 3.32. The second kappa shape index (κ2) is 8.94. The SMILES string of the molecule is Cc1nc(-c2ccc(Cl)s2)sc1C(=O)N1CCC(C(=O)N2CC(C)OC(C)C2)CC1. The quantitative estimate of drug-likeness (QED) is 0.674. The Morgan fingerprint density at radius 1 is 1.10 bits per heavy atom. The van der Waals surface area contributed by atoms with Gasteiger partial charge in [-0.1, -0.05) is 11.6 Å². The molecule has 2 fully saturated rings. The molecule has 0 aliphatic carbocycles. The summed E-state index contributed by atoms with van der Waals surface area (Å²) in [5.41, 5.74) is 0.749. The number of aryl methyl sites for hydroxylation is 1. The van der Waals surface area contributed by atoms with Crippen LogP contribution in [0.5, 0.6) is 0 Å². The van der Waals surface area contributed by atoms with Gasteiger partial charge in [-0.15, -0.1) is 22.7 Å². The van der Waals surface area contributed by atoms with Crippen LogP contribution in [0.4, 0.5) is 0 Å². The van der Waals surface area contributed by atoms with E-state index in [1.54, 1.807) is 0 Å². The van der Waals surface area contributed by atoms with Crippen LogP contribution in [0, 0.1) is 12.8 Å². The van der Waals surface area contributed by atoms with Gasteiger partial charge in [-0.2, -0.15) is 0 Å². The molecule has 2 aromatic heterocycles. The fraction of sp³-hybridized carbons (Fsp3) is 0.571. The summed E-state index contributed by atoms with van der Waals surface area (Å²) in [5, 5.41) is 0.827. The molecule has 2 aromatic rings. The van der Waals surface area contributed by atoms with Crippen molar-refractivity contribution in [2.45, 2.75) is 45.8 Å². The number of hydrogen-bond donors (Lipinski definition) is 0. The van der Waals surface area contributed by atoms with E-state index in [0.717, 1.165) is 15.6 Å². The van der Waals surface area contributed by atoms with E-state index in [0.29, 0.717) is 48.2 Å². The summed E-state index contributed by atoms with van der Waals surface area (Å²) < 4.78 is 6.45. The van der Waals surface area contributed by atoms with Gasteiger partial charge in [-0.05, 0) is 45.7 Å². The lowest BCUT2D eigenvalue weighted by atomic mass is 9.94. The van der Waals surface area contributed by atoms with Crippen LogP contribution in [-0.4, -0.2) is 65.0 Å². The van der Waals surface area contributed by atoms with Crippen LogP contribution in [0.2, 0.25) is 4.34 Å². The third-order valence-corrected chi connectivity index (χ3v) is 8.18. The molecule has 2 aliphatic rings. The first-order chi connectivity index (χ1) is 14.3. The number of carbonyl (C=O) groups excluding carboxylic acids is 2. The minimum absolute atomic E-state index is 0.0124. The van der Waals surface area contributed by atoms with Gasteiger partial charge >= 0.3 is 0 Å². The van der Waals surface area contributed by atoms with E-state index in [9.17, 15) is 9.59 Å². The van der Waals surface area contributed by atoms with Gasteiger partial charge in [-0.25, -0.2) is 4.98 Å². The second-order valence-corrected chi connectivity index (χ2v) is 10.8. The summed E-state index contributed by atoms with van der Waals surface area (Å²) in [4.78, 5) is 36.1. The van der Waals surface area contributed by atoms with Crippen molar-refractivity contribution in [2.24, 2.45) is 5.92 Å². The molecule has 0 radical (unpaired) electrons. The first kappa shape index (κ1) is 21.7. The van der Waals surface area contributed by atoms with Gasteiger partial charge in [-0.3, -0.25) is 9.59 Å². The molecule has 2 unspecified atom stereocenters. The molecular weight excluding hydrogens is 442 g/mol. The Labute approximate surface area is 189 Å². The number of rotatable bonds is 3. The number of hydrogen-bond acceptors (Lipinski definition) is 6. The van der Waals surface area contributed by atoms with Crippen molar-refractivity contribution in [2.75, 3.05) is 26.2 Å². The first-order valence-electron chi connectivity index (χ1n) is 10.3. The molecule has 0 bridgehead atoms. The summed E-state index contributed by atoms with van der Waals surface area (Å²) in [5.74, 6) is 0.200. The van der Waals surface area contributed by atoms with E-state index in [1.165, 1.54) is 22.7 Å². The van der Waals surface area contributed by atoms with Crippen molar-refractivity contribution in [1.29, 1.82) is 0 Å². The smallest absolute Gasteiger partial charge is 0.265 e. The zero-order valence-electron chi connectivity index (χ0n) is 17.4. The normalized spacial score (nSPS) is 23.1. The Hall–Kier alpha value is -1.48. The fourth-order valence-electron chi connectivity index (χ4n) is 4.22. The lowest BCUT2D eigenvalue weighted by Gasteiger charge is -2.39. The molecule has 2 saturated heterocycles. The molecule has 30 heavy (non-hydrogen) atoms. The van der Waals surface area contributed by atoms with Gasteiger partial charge in [0.1, 0.15) is 9.88 Å². The molecule has 2 amide bonds. The van der Waals surface area contributed by atoms with Gasteiger partial charge in [0.05, 0.1) is 27.1 Å². The predicted octanol–water partition coefficient (Wildman–Crippen LogP) is 4.32. The van der Waals surface area contributed by atoms with Crippen molar-refractivity contribution in [3.63, 3.8) is 0 Å². The third kappa shape index (κ3) is 4.56. The van der Waals surface area contributed by atoms with Crippen LogP contribution < -0.4 is 0 Å². The Morgan fingerprint density at radius 2 is 1.77 bits per heavy atom. The van der Waals surface area contributed by atoms with E-state index in [2.05, 4.69) is 4.98 Å². The topological polar surface area (TPSA) is 62.7 Å². The number of likely N-dealkylation sites (tertiary alicyclic amines) is 1. The minimum Gasteiger partial charge on any atom is -0.372 e. The lowest BCUT2D eigenvalue weighted by molar-refractivity contribution is -0.148. The molecule has 162 valence electrons. The number of halogens is 1. The van der Waals surface area contributed by atoms with Gasteiger partial charge in [0.15, 0.2) is 0 Å². The summed E-state index contributed by atoms with van der Waals surface area (Å²) in [6, 6.07) is 3.78. The van der Waals surface area contributed by atoms with E-state index >= 15 is 0 Å². The number of amides is 2. The predicted molar refractivity (Wildman–Crippen MR) is 120 cm³/mol. The van der Waals surface area contributed by atoms with Crippen molar-refractivity contribution in [1.82, 2.24) is 14.8 Å². The highest BCUT2D eigenvalue weighted by Crippen LogP contribution is 2.35. The van der Waals surface area contributed by atoms with Crippen LogP contribution in [0.15, 0.2) is 12.1 Å². The van der Waals surface area contributed by atoms with Crippen LogP contribution in [-0.2, 0) is 9.53 Å². The molecule has 0 aromatic carbocycles. The number of carbonyl (C=O) groups is 2. The maximum absolute atomic E-state index is 13.1. The Bertz CT molecular complexity index is 926.